The van der Waals surface area contributed by atoms with Crippen LogP contribution in [0.3, 0.4) is 0 Å². The maximum Gasteiger partial charge on any atom is 0.224 e. The lowest BCUT2D eigenvalue weighted by Gasteiger charge is -2.14. The summed E-state index contributed by atoms with van der Waals surface area (Å²) in [6, 6.07) is 15.6. The summed E-state index contributed by atoms with van der Waals surface area (Å²) in [6.45, 7) is 4.07. The summed E-state index contributed by atoms with van der Waals surface area (Å²) in [5, 5.41) is 8.68. The van der Waals surface area contributed by atoms with E-state index in [4.69, 9.17) is 9.47 Å². The Hall–Kier alpha value is -2.33. The summed E-state index contributed by atoms with van der Waals surface area (Å²) >= 11 is 1.71. The molecular formula is C22H27IN4O2S. The van der Waals surface area contributed by atoms with Crippen LogP contribution < -0.4 is 20.1 Å². The maximum absolute atomic E-state index is 5.99. The van der Waals surface area contributed by atoms with Gasteiger partial charge in [-0.15, -0.1) is 35.3 Å². The fourth-order valence-electron chi connectivity index (χ4n) is 2.57. The number of aliphatic imine (C=N–C) groups is 1. The molecule has 3 aromatic rings. The summed E-state index contributed by atoms with van der Waals surface area (Å²) in [5.74, 6) is 2.85. The Balaban J connectivity index is 0.00000320. The van der Waals surface area contributed by atoms with Crippen molar-refractivity contribution >= 4 is 41.3 Å². The van der Waals surface area contributed by atoms with Crippen molar-refractivity contribution in [3.63, 3.8) is 0 Å². The number of rotatable bonds is 9. The number of aromatic nitrogens is 1. The molecule has 30 heavy (non-hydrogen) atoms. The molecule has 0 radical (unpaired) electrons. The zero-order valence-electron chi connectivity index (χ0n) is 17.1. The highest BCUT2D eigenvalue weighted by atomic mass is 127. The van der Waals surface area contributed by atoms with E-state index in [9.17, 15) is 0 Å². The van der Waals surface area contributed by atoms with Gasteiger partial charge in [-0.3, -0.25) is 4.99 Å². The smallest absolute Gasteiger partial charge is 0.224 e. The number of hydrogen-bond acceptors (Lipinski definition) is 5. The van der Waals surface area contributed by atoms with Gasteiger partial charge in [0.15, 0.2) is 5.96 Å². The molecule has 2 N–H and O–H groups in total. The molecule has 0 aliphatic carbocycles. The number of nitrogens with one attached hydrogen (secondary N) is 2. The van der Waals surface area contributed by atoms with Crippen LogP contribution in [-0.4, -0.2) is 24.6 Å². The first kappa shape index (κ1) is 23.9. The van der Waals surface area contributed by atoms with Crippen LogP contribution in [0.1, 0.15) is 23.8 Å². The minimum atomic E-state index is 0. The lowest BCUT2D eigenvalue weighted by atomic mass is 10.2. The molecule has 0 bridgehead atoms. The Morgan fingerprint density at radius 1 is 1.03 bits per heavy atom. The Morgan fingerprint density at radius 2 is 1.80 bits per heavy atom. The Bertz CT molecular complexity index is 902. The standard InChI is InChI=1S/C22H26N4O2S.HI/c1-3-13-27-18-8-10-19(11-9-18)28-21-17(6-4-12-24-21)15-25-22(23-2)26-16-20-7-5-14-29-20;/h4-12,14H,3,13,15-16H2,1-2H3,(H2,23,25,26);1H. The number of hydrogen-bond donors (Lipinski definition) is 2. The average molecular weight is 538 g/mol. The number of thiophene rings is 1. The third-order valence-electron chi connectivity index (χ3n) is 4.04. The van der Waals surface area contributed by atoms with Gasteiger partial charge >= 0.3 is 0 Å². The van der Waals surface area contributed by atoms with Crippen LogP contribution in [0.4, 0.5) is 0 Å². The van der Waals surface area contributed by atoms with Crippen molar-refractivity contribution in [1.82, 2.24) is 15.6 Å². The van der Waals surface area contributed by atoms with Gasteiger partial charge in [0.05, 0.1) is 13.2 Å². The lowest BCUT2D eigenvalue weighted by molar-refractivity contribution is 0.317. The zero-order chi connectivity index (χ0) is 20.3. The van der Waals surface area contributed by atoms with Crippen LogP contribution in [0.5, 0.6) is 17.4 Å². The second kappa shape index (κ2) is 13.1. The van der Waals surface area contributed by atoms with Gasteiger partial charge in [0.25, 0.3) is 0 Å². The molecule has 0 saturated heterocycles. The molecule has 1 aromatic carbocycles. The van der Waals surface area contributed by atoms with Gasteiger partial charge in [0.1, 0.15) is 11.5 Å². The number of pyridine rings is 1. The minimum Gasteiger partial charge on any atom is -0.494 e. The topological polar surface area (TPSA) is 67.8 Å². The first-order valence-corrected chi connectivity index (χ1v) is 10.5. The van der Waals surface area contributed by atoms with E-state index in [1.54, 1.807) is 24.6 Å². The van der Waals surface area contributed by atoms with E-state index in [2.05, 4.69) is 39.0 Å². The fraction of sp³-hybridized carbons (Fsp3) is 0.273. The molecule has 2 aromatic heterocycles. The molecule has 2 heterocycles. The lowest BCUT2D eigenvalue weighted by Crippen LogP contribution is -2.36. The number of ether oxygens (including phenoxy) is 2. The molecule has 6 nitrogen and oxygen atoms in total. The van der Waals surface area contributed by atoms with E-state index in [1.165, 1.54) is 4.88 Å². The number of nitrogens with zero attached hydrogens (tertiary/aromatic N) is 2. The minimum absolute atomic E-state index is 0. The van der Waals surface area contributed by atoms with E-state index < -0.39 is 0 Å². The van der Waals surface area contributed by atoms with E-state index in [1.807, 2.05) is 42.5 Å². The second-order valence-corrected chi connectivity index (χ2v) is 7.28. The predicted octanol–water partition coefficient (Wildman–Crippen LogP) is 5.21. The number of benzene rings is 1. The van der Waals surface area contributed by atoms with Crippen molar-refractivity contribution in [2.24, 2.45) is 4.99 Å². The number of halogens is 1. The molecule has 0 aliphatic heterocycles. The van der Waals surface area contributed by atoms with E-state index in [0.29, 0.717) is 24.8 Å². The SMILES string of the molecule is CCCOc1ccc(Oc2ncccc2CNC(=NC)NCc2cccs2)cc1.I. The molecule has 160 valence electrons. The molecule has 0 unspecified atom stereocenters. The molecule has 3 rings (SSSR count). The van der Waals surface area contributed by atoms with Crippen LogP contribution in [-0.2, 0) is 13.1 Å². The van der Waals surface area contributed by atoms with Crippen LogP contribution >= 0.6 is 35.3 Å². The summed E-state index contributed by atoms with van der Waals surface area (Å²) in [5.41, 5.74) is 0.942. The normalized spacial score (nSPS) is 10.8. The Kier molecular flexibility index (Phi) is 10.4. The van der Waals surface area contributed by atoms with Gasteiger partial charge in [-0.05, 0) is 48.2 Å². The quantitative estimate of drug-likeness (QED) is 0.223. The summed E-state index contributed by atoms with van der Waals surface area (Å²) in [7, 11) is 1.76. The third-order valence-corrected chi connectivity index (χ3v) is 4.92. The molecule has 0 fully saturated rings. The van der Waals surface area contributed by atoms with Crippen molar-refractivity contribution in [2.45, 2.75) is 26.4 Å². The average Bonchev–Trinajstić information content (AvgIpc) is 3.28. The predicted molar refractivity (Wildman–Crippen MR) is 133 cm³/mol. The first-order valence-electron chi connectivity index (χ1n) is 9.60. The second-order valence-electron chi connectivity index (χ2n) is 6.25. The third kappa shape index (κ3) is 7.49. The molecule has 0 spiro atoms. The van der Waals surface area contributed by atoms with E-state index in [-0.39, 0.29) is 24.0 Å². The Morgan fingerprint density at radius 3 is 2.50 bits per heavy atom. The van der Waals surface area contributed by atoms with Crippen molar-refractivity contribution in [3.05, 3.63) is 70.5 Å². The molecule has 0 amide bonds. The van der Waals surface area contributed by atoms with Gasteiger partial charge in [-0.1, -0.05) is 19.1 Å². The van der Waals surface area contributed by atoms with Crippen molar-refractivity contribution in [3.8, 4) is 17.4 Å². The van der Waals surface area contributed by atoms with Crippen LogP contribution in [0.15, 0.2) is 65.1 Å². The zero-order valence-corrected chi connectivity index (χ0v) is 20.3. The summed E-state index contributed by atoms with van der Waals surface area (Å²) in [4.78, 5) is 9.91. The van der Waals surface area contributed by atoms with Crippen LogP contribution in [0.25, 0.3) is 0 Å². The first-order chi connectivity index (χ1) is 14.3. The summed E-state index contributed by atoms with van der Waals surface area (Å²) < 4.78 is 11.6. The molecule has 0 aliphatic rings. The van der Waals surface area contributed by atoms with E-state index >= 15 is 0 Å². The number of guanidine groups is 1. The van der Waals surface area contributed by atoms with Gasteiger partial charge in [0, 0.05) is 30.2 Å². The van der Waals surface area contributed by atoms with Crippen molar-refractivity contribution < 1.29 is 9.47 Å². The van der Waals surface area contributed by atoms with Crippen molar-refractivity contribution in [1.29, 1.82) is 0 Å². The highest BCUT2D eigenvalue weighted by Crippen LogP contribution is 2.25. The van der Waals surface area contributed by atoms with Gasteiger partial charge in [-0.2, -0.15) is 0 Å². The molecule has 0 saturated carbocycles. The molecule has 0 atom stereocenters. The highest BCUT2D eigenvalue weighted by molar-refractivity contribution is 14.0. The van der Waals surface area contributed by atoms with Crippen LogP contribution in [0.2, 0.25) is 0 Å². The largest absolute Gasteiger partial charge is 0.494 e. The van der Waals surface area contributed by atoms with Crippen LogP contribution in [0, 0.1) is 0 Å². The molecular weight excluding hydrogens is 511 g/mol. The van der Waals surface area contributed by atoms with E-state index in [0.717, 1.165) is 30.2 Å². The summed E-state index contributed by atoms with van der Waals surface area (Å²) in [6.07, 6.45) is 2.70. The Labute approximate surface area is 198 Å². The monoisotopic (exact) mass is 538 g/mol. The van der Waals surface area contributed by atoms with Gasteiger partial charge in [-0.25, -0.2) is 4.98 Å². The van der Waals surface area contributed by atoms with Gasteiger partial charge < -0.3 is 20.1 Å². The molecule has 8 heteroatoms. The highest BCUT2D eigenvalue weighted by Gasteiger charge is 2.08. The van der Waals surface area contributed by atoms with Gasteiger partial charge in [0.2, 0.25) is 5.88 Å². The van der Waals surface area contributed by atoms with Crippen molar-refractivity contribution in [2.75, 3.05) is 13.7 Å². The maximum atomic E-state index is 5.99. The fourth-order valence-corrected chi connectivity index (χ4v) is 3.21.